The molecule has 148 valence electrons. The van der Waals surface area contributed by atoms with Gasteiger partial charge >= 0.3 is 7.60 Å². The van der Waals surface area contributed by atoms with Crippen LogP contribution in [0, 0.1) is 0 Å². The molecule has 1 aromatic rings. The van der Waals surface area contributed by atoms with Crippen LogP contribution in [-0.2, 0) is 18.3 Å². The Bertz CT molecular complexity index is 638. The minimum absolute atomic E-state index is 0.0722. The lowest BCUT2D eigenvalue weighted by Crippen LogP contribution is -2.15. The lowest BCUT2D eigenvalue weighted by atomic mass is 10.2. The topological polar surface area (TPSA) is 132 Å². The Hall–Kier alpha value is -1.41. The molecule has 1 saturated carbocycles. The molecule has 1 fully saturated rings. The van der Waals surface area contributed by atoms with Crippen molar-refractivity contribution >= 4 is 19.4 Å². The Labute approximate surface area is 154 Å². The van der Waals surface area contributed by atoms with Crippen LogP contribution in [0.25, 0.3) is 0 Å². The Morgan fingerprint density at radius 2 is 1.69 bits per heavy atom. The summed E-state index contributed by atoms with van der Waals surface area (Å²) >= 11 is 0. The number of hydrogen-bond acceptors (Lipinski definition) is 9. The quantitative estimate of drug-likeness (QED) is 0.434. The molecule has 0 aromatic carbocycles. The highest BCUT2D eigenvalue weighted by atomic mass is 31.2. The smallest absolute Gasteiger partial charge is 0.356 e. The van der Waals surface area contributed by atoms with E-state index in [9.17, 15) is 4.57 Å². The zero-order valence-electron chi connectivity index (χ0n) is 15.8. The van der Waals surface area contributed by atoms with Crippen molar-refractivity contribution in [3.63, 3.8) is 0 Å². The Kier molecular flexibility index (Phi) is 7.23. The van der Waals surface area contributed by atoms with Crippen LogP contribution in [0.5, 0.6) is 5.88 Å². The number of aromatic nitrogens is 2. The summed E-state index contributed by atoms with van der Waals surface area (Å²) in [5, 5.41) is 0. The van der Waals surface area contributed by atoms with Gasteiger partial charge in [-0.3, -0.25) is 4.57 Å². The number of hydrogen-bond donors (Lipinski definition) is 2. The molecule has 0 bridgehead atoms. The average Bonchev–Trinajstić information content (AvgIpc) is 3.28. The number of anilines is 2. The van der Waals surface area contributed by atoms with Crippen LogP contribution in [0.1, 0.15) is 52.0 Å². The van der Waals surface area contributed by atoms with Gasteiger partial charge in [0.1, 0.15) is 18.8 Å². The molecule has 9 nitrogen and oxygen atoms in total. The minimum atomic E-state index is -3.32. The van der Waals surface area contributed by atoms with Crippen molar-refractivity contribution in [1.29, 1.82) is 0 Å². The van der Waals surface area contributed by atoms with Crippen LogP contribution < -0.4 is 16.2 Å². The third-order valence-corrected chi connectivity index (χ3v) is 5.39. The lowest BCUT2D eigenvalue weighted by molar-refractivity contribution is 0.0843. The predicted octanol–water partition coefficient (Wildman–Crippen LogP) is 2.91. The Morgan fingerprint density at radius 1 is 1.08 bits per heavy atom. The first-order chi connectivity index (χ1) is 12.2. The van der Waals surface area contributed by atoms with Gasteiger partial charge in [0.05, 0.1) is 24.4 Å². The summed E-state index contributed by atoms with van der Waals surface area (Å²) in [6.45, 7) is 7.58. The van der Waals surface area contributed by atoms with Crippen LogP contribution in [0.4, 0.5) is 11.8 Å². The molecule has 0 spiro atoms. The highest BCUT2D eigenvalue weighted by molar-refractivity contribution is 7.53. The van der Waals surface area contributed by atoms with Gasteiger partial charge in [-0.25, -0.2) is 0 Å². The maximum Gasteiger partial charge on any atom is 0.356 e. The predicted molar refractivity (Wildman–Crippen MR) is 99.2 cm³/mol. The van der Waals surface area contributed by atoms with Crippen LogP contribution in [-0.4, -0.2) is 41.7 Å². The van der Waals surface area contributed by atoms with E-state index >= 15 is 0 Å². The molecule has 0 amide bonds. The number of nitrogens with zero attached hydrogens (tertiary/aromatic N) is 2. The van der Waals surface area contributed by atoms with Gasteiger partial charge in [0, 0.05) is 0 Å². The monoisotopic (exact) mass is 388 g/mol. The van der Waals surface area contributed by atoms with E-state index in [1.165, 1.54) is 0 Å². The summed E-state index contributed by atoms with van der Waals surface area (Å²) < 4.78 is 34.6. The van der Waals surface area contributed by atoms with Crippen molar-refractivity contribution in [3.8, 4) is 5.88 Å². The maximum atomic E-state index is 12.6. The van der Waals surface area contributed by atoms with E-state index in [1.54, 1.807) is 27.7 Å². The first kappa shape index (κ1) is 20.9. The zero-order chi connectivity index (χ0) is 19.3. The van der Waals surface area contributed by atoms with Gasteiger partial charge in [0.2, 0.25) is 11.8 Å². The summed E-state index contributed by atoms with van der Waals surface area (Å²) in [6.07, 6.45) is 1.47. The molecule has 0 aliphatic heterocycles. The molecule has 2 rings (SSSR count). The van der Waals surface area contributed by atoms with Crippen molar-refractivity contribution in [1.82, 2.24) is 9.97 Å². The summed E-state index contributed by atoms with van der Waals surface area (Å²) in [6, 6.07) is 0. The van der Waals surface area contributed by atoms with Crippen molar-refractivity contribution < 1.29 is 23.1 Å². The molecular formula is C16H29N4O5P. The van der Waals surface area contributed by atoms with Crippen molar-refractivity contribution in [3.05, 3.63) is 5.56 Å². The SMILES string of the molecule is CC(C)OP(=O)(COCCOc1nc(N)nc(N)c1C1CC1)OC(C)C. The molecule has 4 N–H and O–H groups in total. The van der Waals surface area contributed by atoms with E-state index in [-0.39, 0.29) is 37.7 Å². The van der Waals surface area contributed by atoms with E-state index < -0.39 is 7.60 Å². The molecular weight excluding hydrogens is 359 g/mol. The molecule has 1 heterocycles. The molecule has 0 saturated heterocycles. The molecule has 26 heavy (non-hydrogen) atoms. The minimum Gasteiger partial charge on any atom is -0.475 e. The van der Waals surface area contributed by atoms with E-state index in [2.05, 4.69) is 9.97 Å². The molecule has 1 aliphatic carbocycles. The first-order valence-corrected chi connectivity index (χ1v) is 10.5. The Morgan fingerprint density at radius 3 is 2.23 bits per heavy atom. The van der Waals surface area contributed by atoms with Crippen molar-refractivity contribution in [2.75, 3.05) is 31.0 Å². The van der Waals surface area contributed by atoms with E-state index in [0.717, 1.165) is 18.4 Å². The van der Waals surface area contributed by atoms with Crippen LogP contribution in [0.15, 0.2) is 0 Å². The third kappa shape index (κ3) is 6.39. The van der Waals surface area contributed by atoms with Crippen molar-refractivity contribution in [2.24, 2.45) is 0 Å². The summed E-state index contributed by atoms with van der Waals surface area (Å²) in [4.78, 5) is 8.12. The summed E-state index contributed by atoms with van der Waals surface area (Å²) in [5.41, 5.74) is 12.4. The summed E-state index contributed by atoms with van der Waals surface area (Å²) in [5.74, 6) is 1.14. The van der Waals surface area contributed by atoms with Gasteiger partial charge in [-0.2, -0.15) is 9.97 Å². The fraction of sp³-hybridized carbons (Fsp3) is 0.750. The number of nitrogens with two attached hydrogens (primary N) is 2. The average molecular weight is 388 g/mol. The molecule has 10 heteroatoms. The number of rotatable bonds is 11. The first-order valence-electron chi connectivity index (χ1n) is 8.79. The highest BCUT2D eigenvalue weighted by Gasteiger charge is 2.31. The number of nitrogen functional groups attached to an aromatic ring is 2. The fourth-order valence-corrected chi connectivity index (χ4v) is 4.26. The maximum absolute atomic E-state index is 12.6. The molecule has 1 aromatic heterocycles. The van der Waals surface area contributed by atoms with Crippen LogP contribution in [0.3, 0.4) is 0 Å². The van der Waals surface area contributed by atoms with Crippen LogP contribution >= 0.6 is 7.60 Å². The van der Waals surface area contributed by atoms with Gasteiger partial charge in [-0.1, -0.05) is 0 Å². The second-order valence-electron chi connectivity index (χ2n) is 6.77. The number of ether oxygens (including phenoxy) is 2. The van der Waals surface area contributed by atoms with E-state index in [1.807, 2.05) is 0 Å². The van der Waals surface area contributed by atoms with Crippen molar-refractivity contribution in [2.45, 2.75) is 58.7 Å². The largest absolute Gasteiger partial charge is 0.475 e. The normalized spacial score (nSPS) is 15.0. The second-order valence-corrected chi connectivity index (χ2v) is 8.67. The van der Waals surface area contributed by atoms with Gasteiger partial charge in [-0.15, -0.1) is 0 Å². The second kappa shape index (κ2) is 8.99. The lowest BCUT2D eigenvalue weighted by Gasteiger charge is -2.22. The van der Waals surface area contributed by atoms with Gasteiger partial charge in [0.15, 0.2) is 0 Å². The fourth-order valence-electron chi connectivity index (χ4n) is 2.45. The standard InChI is InChI=1S/C16H29N4O5P/c1-10(2)24-26(21,25-11(3)4)9-22-7-8-23-15-13(12-5-6-12)14(17)19-16(18)20-15/h10-12H,5-9H2,1-4H3,(H4,17,18,19,20). The van der Waals surface area contributed by atoms with E-state index in [4.69, 9.17) is 30.0 Å². The summed E-state index contributed by atoms with van der Waals surface area (Å²) in [7, 11) is -3.32. The van der Waals surface area contributed by atoms with Gasteiger partial charge in [-0.05, 0) is 46.5 Å². The molecule has 0 radical (unpaired) electrons. The highest BCUT2D eigenvalue weighted by Crippen LogP contribution is 2.50. The zero-order valence-corrected chi connectivity index (χ0v) is 16.7. The van der Waals surface area contributed by atoms with Crippen LogP contribution in [0.2, 0.25) is 0 Å². The molecule has 0 unspecified atom stereocenters. The third-order valence-electron chi connectivity index (χ3n) is 3.40. The van der Waals surface area contributed by atoms with Gasteiger partial charge in [0.25, 0.3) is 0 Å². The molecule has 0 atom stereocenters. The van der Waals surface area contributed by atoms with E-state index in [0.29, 0.717) is 17.6 Å². The Balaban J connectivity index is 1.86. The molecule has 1 aliphatic rings. The van der Waals surface area contributed by atoms with Gasteiger partial charge < -0.3 is 30.0 Å².